The largest absolute Gasteiger partial charge is 0.493 e. The van der Waals surface area contributed by atoms with Gasteiger partial charge in [0.1, 0.15) is 16.8 Å². The summed E-state index contributed by atoms with van der Waals surface area (Å²) in [5.74, 6) is 0.207. The zero-order chi connectivity index (χ0) is 24.8. The van der Waals surface area contributed by atoms with Gasteiger partial charge in [-0.1, -0.05) is 42.5 Å². The molecule has 2 aromatic heterocycles. The number of pyridine rings is 1. The number of ether oxygens (including phenoxy) is 2. The van der Waals surface area contributed by atoms with Crippen LogP contribution in [0.15, 0.2) is 72.9 Å². The lowest BCUT2D eigenvalue weighted by Gasteiger charge is -2.15. The third kappa shape index (κ3) is 6.32. The molecule has 7 heteroatoms. The fourth-order valence-electron chi connectivity index (χ4n) is 3.59. The van der Waals surface area contributed by atoms with E-state index in [0.29, 0.717) is 24.3 Å². The molecule has 0 spiro atoms. The Bertz CT molecular complexity index is 1270. The topological polar surface area (TPSA) is 87.3 Å². The van der Waals surface area contributed by atoms with E-state index in [9.17, 15) is 4.79 Å². The number of aryl methyl sites for hydroxylation is 1. The lowest BCUT2D eigenvalue weighted by atomic mass is 10.1. The molecule has 0 radical (unpaired) electrons. The number of hydrogen-bond acceptors (Lipinski definition) is 7. The van der Waals surface area contributed by atoms with Crippen LogP contribution >= 0.6 is 11.3 Å². The number of carbonyl (C=O) groups is 1. The fourth-order valence-corrected chi connectivity index (χ4v) is 4.54. The van der Waals surface area contributed by atoms with Crippen LogP contribution in [0.4, 0.5) is 0 Å². The average molecular weight is 488 g/mol. The summed E-state index contributed by atoms with van der Waals surface area (Å²) in [6.07, 6.45) is 2.33. The Balaban J connectivity index is 1.37. The number of hydrogen-bond donors (Lipinski definition) is 1. The number of thiazole rings is 1. The number of aromatic nitrogens is 2. The Morgan fingerprint density at radius 2 is 1.83 bits per heavy atom. The van der Waals surface area contributed by atoms with Gasteiger partial charge in [-0.2, -0.15) is 0 Å². The van der Waals surface area contributed by atoms with Crippen molar-refractivity contribution in [3.05, 3.63) is 89.1 Å². The van der Waals surface area contributed by atoms with Crippen LogP contribution in [0.5, 0.6) is 5.75 Å². The van der Waals surface area contributed by atoms with Crippen molar-refractivity contribution in [1.82, 2.24) is 9.97 Å². The Hall–Kier alpha value is -3.55. The molecule has 2 aromatic carbocycles. The quantitative estimate of drug-likeness (QED) is 0.302. The van der Waals surface area contributed by atoms with Crippen LogP contribution in [0.3, 0.4) is 0 Å². The van der Waals surface area contributed by atoms with Crippen LogP contribution in [-0.4, -0.2) is 28.6 Å². The molecule has 0 aliphatic rings. The molecule has 2 heterocycles. The van der Waals surface area contributed by atoms with Crippen LogP contribution in [0.25, 0.3) is 21.8 Å². The molecule has 4 aromatic rings. The second kappa shape index (κ2) is 11.3. The molecule has 6 nitrogen and oxygen atoms in total. The Labute approximate surface area is 209 Å². The maximum Gasteiger partial charge on any atom is 0.327 e. The molecule has 1 atom stereocenters. The molecule has 0 fully saturated rings. The van der Waals surface area contributed by atoms with Crippen molar-refractivity contribution in [2.75, 3.05) is 6.61 Å². The maximum absolute atomic E-state index is 12.1. The summed E-state index contributed by atoms with van der Waals surface area (Å²) in [5, 5.41) is 0.946. The molecular weight excluding hydrogens is 458 g/mol. The van der Waals surface area contributed by atoms with Gasteiger partial charge in [-0.15, -0.1) is 11.3 Å². The standard InChI is InChI=1S/C28H29N3O3S/c1-18(2)34-28(32)26(29)21-10-7-11-23(16-21)33-15-14-24-19(3)35-27(31-24)22-12-13-25(30-17-22)20-8-5-4-6-9-20/h4-13,16-18,26H,14-15,29H2,1-3H3. The third-order valence-corrected chi connectivity index (χ3v) is 6.47. The van der Waals surface area contributed by atoms with E-state index in [0.717, 1.165) is 32.4 Å². The second-order valence-corrected chi connectivity index (χ2v) is 9.66. The molecule has 0 aliphatic heterocycles. The van der Waals surface area contributed by atoms with Gasteiger partial charge in [0.25, 0.3) is 0 Å². The second-order valence-electron chi connectivity index (χ2n) is 8.45. The highest BCUT2D eigenvalue weighted by Crippen LogP contribution is 2.29. The predicted molar refractivity (Wildman–Crippen MR) is 139 cm³/mol. The maximum atomic E-state index is 12.1. The van der Waals surface area contributed by atoms with Crippen LogP contribution < -0.4 is 10.5 Å². The van der Waals surface area contributed by atoms with Crippen molar-refractivity contribution >= 4 is 17.3 Å². The van der Waals surface area contributed by atoms with Crippen LogP contribution in [-0.2, 0) is 16.0 Å². The zero-order valence-electron chi connectivity index (χ0n) is 20.1. The number of nitrogens with zero attached hydrogens (tertiary/aromatic N) is 2. The van der Waals surface area contributed by atoms with E-state index in [2.05, 4.69) is 18.0 Å². The van der Waals surface area contributed by atoms with Crippen LogP contribution in [0.1, 0.15) is 36.0 Å². The minimum Gasteiger partial charge on any atom is -0.493 e. The van der Waals surface area contributed by atoms with E-state index in [1.165, 1.54) is 0 Å². The van der Waals surface area contributed by atoms with Crippen molar-refractivity contribution in [3.63, 3.8) is 0 Å². The van der Waals surface area contributed by atoms with E-state index in [-0.39, 0.29) is 6.10 Å². The molecule has 0 bridgehead atoms. The highest BCUT2D eigenvalue weighted by atomic mass is 32.1. The normalized spacial score (nSPS) is 11.9. The minimum absolute atomic E-state index is 0.211. The van der Waals surface area contributed by atoms with Crippen molar-refractivity contribution in [1.29, 1.82) is 0 Å². The van der Waals surface area contributed by atoms with E-state index in [1.807, 2.05) is 54.7 Å². The van der Waals surface area contributed by atoms with Gasteiger partial charge < -0.3 is 15.2 Å². The van der Waals surface area contributed by atoms with E-state index >= 15 is 0 Å². The number of rotatable bonds is 9. The van der Waals surface area contributed by atoms with Gasteiger partial charge in [0.15, 0.2) is 0 Å². The Morgan fingerprint density at radius 1 is 1.03 bits per heavy atom. The molecule has 35 heavy (non-hydrogen) atoms. The van der Waals surface area contributed by atoms with Gasteiger partial charge in [0.05, 0.1) is 24.1 Å². The fraction of sp³-hybridized carbons (Fsp3) is 0.250. The molecule has 180 valence electrons. The van der Waals surface area contributed by atoms with Crippen molar-refractivity contribution < 1.29 is 14.3 Å². The van der Waals surface area contributed by atoms with E-state index < -0.39 is 12.0 Å². The average Bonchev–Trinajstić information content (AvgIpc) is 3.24. The molecule has 0 amide bonds. The summed E-state index contributed by atoms with van der Waals surface area (Å²) in [4.78, 5) is 22.7. The summed E-state index contributed by atoms with van der Waals surface area (Å²) in [6, 6.07) is 20.6. The van der Waals surface area contributed by atoms with E-state index in [1.54, 1.807) is 37.3 Å². The monoisotopic (exact) mass is 487 g/mol. The first-order chi connectivity index (χ1) is 16.9. The van der Waals surface area contributed by atoms with Gasteiger partial charge in [-0.05, 0) is 50.6 Å². The lowest BCUT2D eigenvalue weighted by molar-refractivity contribution is -0.149. The number of benzene rings is 2. The zero-order valence-corrected chi connectivity index (χ0v) is 20.9. The lowest BCUT2D eigenvalue weighted by Crippen LogP contribution is -2.26. The van der Waals surface area contributed by atoms with Crippen molar-refractivity contribution in [2.24, 2.45) is 5.73 Å². The summed E-state index contributed by atoms with van der Waals surface area (Å²) >= 11 is 1.66. The van der Waals surface area contributed by atoms with Gasteiger partial charge in [0.2, 0.25) is 0 Å². The molecule has 1 unspecified atom stereocenters. The molecule has 0 saturated carbocycles. The van der Waals surface area contributed by atoms with Crippen molar-refractivity contribution in [2.45, 2.75) is 39.3 Å². The summed E-state index contributed by atoms with van der Waals surface area (Å²) < 4.78 is 11.2. The first kappa shape index (κ1) is 24.6. The van der Waals surface area contributed by atoms with Crippen LogP contribution in [0, 0.1) is 6.92 Å². The predicted octanol–water partition coefficient (Wildman–Crippen LogP) is 5.75. The smallest absolute Gasteiger partial charge is 0.327 e. The molecule has 0 saturated heterocycles. The van der Waals surface area contributed by atoms with E-state index in [4.69, 9.17) is 20.2 Å². The Morgan fingerprint density at radius 3 is 2.54 bits per heavy atom. The molecule has 2 N–H and O–H groups in total. The Kier molecular flexibility index (Phi) is 7.90. The molecular formula is C28H29N3O3S. The summed E-state index contributed by atoms with van der Waals surface area (Å²) in [5.41, 5.74) is 10.7. The molecule has 4 rings (SSSR count). The van der Waals surface area contributed by atoms with Crippen molar-refractivity contribution in [3.8, 4) is 27.6 Å². The van der Waals surface area contributed by atoms with Gasteiger partial charge in [-0.25, -0.2) is 9.78 Å². The van der Waals surface area contributed by atoms with Gasteiger partial charge in [-0.3, -0.25) is 4.98 Å². The van der Waals surface area contributed by atoms with Crippen LogP contribution in [0.2, 0.25) is 0 Å². The number of esters is 1. The van der Waals surface area contributed by atoms with Gasteiger partial charge >= 0.3 is 5.97 Å². The highest BCUT2D eigenvalue weighted by molar-refractivity contribution is 7.15. The highest BCUT2D eigenvalue weighted by Gasteiger charge is 2.19. The SMILES string of the molecule is Cc1sc(-c2ccc(-c3ccccc3)nc2)nc1CCOc1cccc(C(N)C(=O)OC(C)C)c1. The first-order valence-electron chi connectivity index (χ1n) is 11.6. The summed E-state index contributed by atoms with van der Waals surface area (Å²) in [7, 11) is 0. The third-order valence-electron chi connectivity index (χ3n) is 5.40. The minimum atomic E-state index is -0.841. The number of carbonyl (C=O) groups excluding carboxylic acids is 1. The first-order valence-corrected chi connectivity index (χ1v) is 12.4. The molecule has 0 aliphatic carbocycles. The number of nitrogens with two attached hydrogens (primary N) is 1. The van der Waals surface area contributed by atoms with Gasteiger partial charge in [0, 0.05) is 28.6 Å². The summed E-state index contributed by atoms with van der Waals surface area (Å²) in [6.45, 7) is 6.13.